The van der Waals surface area contributed by atoms with Gasteiger partial charge in [-0.05, 0) is 25.3 Å². The van der Waals surface area contributed by atoms with Gasteiger partial charge in [0.15, 0.2) is 0 Å². The molecule has 114 valence electrons. The molecule has 1 aliphatic heterocycles. The van der Waals surface area contributed by atoms with Crippen LogP contribution in [0.4, 0.5) is 0 Å². The molecule has 1 saturated heterocycles. The second-order valence-corrected chi connectivity index (χ2v) is 5.79. The van der Waals surface area contributed by atoms with Crippen LogP contribution in [0, 0.1) is 5.92 Å². The standard InChI is InChI=1S/C16H23N3O2/c1-11-7-8-13(16(18)21)10-19(11)15(20)9-14(17)12-5-3-2-4-6-12/h2-6,11,13-14H,7-10,17H2,1H3,(H2,18,21)/t11-,13-,14+/m1/s1. The lowest BCUT2D eigenvalue weighted by molar-refractivity contribution is -0.137. The molecule has 1 fully saturated rings. The highest BCUT2D eigenvalue weighted by atomic mass is 16.2. The first-order valence-corrected chi connectivity index (χ1v) is 7.38. The SMILES string of the molecule is C[C@@H]1CC[C@@H](C(N)=O)CN1C(=O)C[C@H](N)c1ccccc1. The number of hydrogen-bond donors (Lipinski definition) is 2. The highest BCUT2D eigenvalue weighted by Crippen LogP contribution is 2.24. The number of benzene rings is 1. The van der Waals surface area contributed by atoms with Crippen molar-refractivity contribution in [2.75, 3.05) is 6.54 Å². The van der Waals surface area contributed by atoms with Crippen molar-refractivity contribution in [1.29, 1.82) is 0 Å². The Kier molecular flexibility index (Phi) is 4.96. The fourth-order valence-electron chi connectivity index (χ4n) is 2.81. The number of nitrogens with two attached hydrogens (primary N) is 2. The van der Waals surface area contributed by atoms with Crippen molar-refractivity contribution in [3.63, 3.8) is 0 Å². The number of primary amides is 1. The molecule has 5 heteroatoms. The minimum Gasteiger partial charge on any atom is -0.369 e. The van der Waals surface area contributed by atoms with Crippen LogP contribution < -0.4 is 11.5 Å². The van der Waals surface area contributed by atoms with E-state index in [1.54, 1.807) is 4.90 Å². The normalized spacial score (nSPS) is 23.6. The van der Waals surface area contributed by atoms with Crippen LogP contribution in [0.5, 0.6) is 0 Å². The number of nitrogens with zero attached hydrogens (tertiary/aromatic N) is 1. The second-order valence-electron chi connectivity index (χ2n) is 5.79. The number of carbonyl (C=O) groups is 2. The molecule has 0 aliphatic carbocycles. The lowest BCUT2D eigenvalue weighted by Crippen LogP contribution is -2.49. The Labute approximate surface area is 125 Å². The van der Waals surface area contributed by atoms with Gasteiger partial charge in [-0.15, -0.1) is 0 Å². The molecule has 21 heavy (non-hydrogen) atoms. The van der Waals surface area contributed by atoms with Gasteiger partial charge in [0.1, 0.15) is 0 Å². The van der Waals surface area contributed by atoms with E-state index >= 15 is 0 Å². The van der Waals surface area contributed by atoms with Crippen molar-refractivity contribution >= 4 is 11.8 Å². The third-order valence-corrected chi connectivity index (χ3v) is 4.23. The van der Waals surface area contributed by atoms with E-state index in [9.17, 15) is 9.59 Å². The van der Waals surface area contributed by atoms with Crippen LogP contribution in [0.25, 0.3) is 0 Å². The van der Waals surface area contributed by atoms with E-state index in [-0.39, 0.29) is 36.2 Å². The summed E-state index contributed by atoms with van der Waals surface area (Å²) in [6, 6.07) is 9.39. The van der Waals surface area contributed by atoms with Gasteiger partial charge in [-0.25, -0.2) is 0 Å². The Morgan fingerprint density at radius 3 is 2.57 bits per heavy atom. The molecule has 1 aliphatic rings. The number of amides is 2. The van der Waals surface area contributed by atoms with Gasteiger partial charge in [-0.2, -0.15) is 0 Å². The van der Waals surface area contributed by atoms with Crippen LogP contribution in [-0.2, 0) is 9.59 Å². The topological polar surface area (TPSA) is 89.4 Å². The summed E-state index contributed by atoms with van der Waals surface area (Å²) in [6.07, 6.45) is 1.81. The molecule has 4 N–H and O–H groups in total. The molecule has 3 atom stereocenters. The number of piperidine rings is 1. The Hall–Kier alpha value is -1.88. The van der Waals surface area contributed by atoms with Crippen molar-refractivity contribution in [1.82, 2.24) is 4.90 Å². The molecule has 2 rings (SSSR count). The second kappa shape index (κ2) is 6.72. The lowest BCUT2D eigenvalue weighted by atomic mass is 9.92. The molecule has 2 amide bonds. The van der Waals surface area contributed by atoms with Crippen molar-refractivity contribution in [2.45, 2.75) is 38.3 Å². The maximum Gasteiger partial charge on any atom is 0.224 e. The zero-order valence-electron chi connectivity index (χ0n) is 12.4. The molecule has 0 saturated carbocycles. The monoisotopic (exact) mass is 289 g/mol. The highest BCUT2D eigenvalue weighted by molar-refractivity contribution is 5.80. The average molecular weight is 289 g/mol. The molecule has 0 bridgehead atoms. The molecule has 0 radical (unpaired) electrons. The first-order valence-electron chi connectivity index (χ1n) is 7.38. The average Bonchev–Trinajstić information content (AvgIpc) is 2.48. The Balaban J connectivity index is 2.00. The van der Waals surface area contributed by atoms with Crippen molar-refractivity contribution < 1.29 is 9.59 Å². The fourth-order valence-corrected chi connectivity index (χ4v) is 2.81. The summed E-state index contributed by atoms with van der Waals surface area (Å²) in [5.74, 6) is -0.574. The van der Waals surface area contributed by atoms with Gasteiger partial charge >= 0.3 is 0 Å². The molecule has 1 aromatic carbocycles. The zero-order valence-corrected chi connectivity index (χ0v) is 12.4. The van der Waals surface area contributed by atoms with E-state index in [0.717, 1.165) is 18.4 Å². The molecule has 0 unspecified atom stereocenters. The van der Waals surface area contributed by atoms with Crippen LogP contribution in [0.15, 0.2) is 30.3 Å². The highest BCUT2D eigenvalue weighted by Gasteiger charge is 2.32. The summed E-state index contributed by atoms with van der Waals surface area (Å²) >= 11 is 0. The van der Waals surface area contributed by atoms with Gasteiger partial charge in [0.25, 0.3) is 0 Å². The Morgan fingerprint density at radius 2 is 1.95 bits per heavy atom. The van der Waals surface area contributed by atoms with E-state index in [0.29, 0.717) is 6.54 Å². The van der Waals surface area contributed by atoms with Crippen molar-refractivity contribution in [2.24, 2.45) is 17.4 Å². The third kappa shape index (κ3) is 3.82. The van der Waals surface area contributed by atoms with Gasteiger partial charge in [-0.3, -0.25) is 9.59 Å². The molecular weight excluding hydrogens is 266 g/mol. The summed E-state index contributed by atoms with van der Waals surface area (Å²) in [5, 5.41) is 0. The van der Waals surface area contributed by atoms with Crippen LogP contribution in [-0.4, -0.2) is 29.3 Å². The van der Waals surface area contributed by atoms with Crippen LogP contribution >= 0.6 is 0 Å². The minimum atomic E-state index is -0.327. The van der Waals surface area contributed by atoms with Gasteiger partial charge in [0, 0.05) is 25.0 Å². The van der Waals surface area contributed by atoms with E-state index in [4.69, 9.17) is 11.5 Å². The summed E-state index contributed by atoms with van der Waals surface area (Å²) in [4.78, 5) is 25.5. The van der Waals surface area contributed by atoms with Crippen molar-refractivity contribution in [3.05, 3.63) is 35.9 Å². The number of likely N-dealkylation sites (tertiary alicyclic amines) is 1. The van der Waals surface area contributed by atoms with Crippen LogP contribution in [0.1, 0.15) is 37.8 Å². The van der Waals surface area contributed by atoms with Gasteiger partial charge < -0.3 is 16.4 Å². The predicted octanol–water partition coefficient (Wildman–Crippen LogP) is 1.19. The smallest absolute Gasteiger partial charge is 0.224 e. The van der Waals surface area contributed by atoms with Gasteiger partial charge in [0.2, 0.25) is 11.8 Å². The number of carbonyl (C=O) groups excluding carboxylic acids is 2. The lowest BCUT2D eigenvalue weighted by Gasteiger charge is -2.37. The van der Waals surface area contributed by atoms with E-state index in [1.165, 1.54) is 0 Å². The largest absolute Gasteiger partial charge is 0.369 e. The third-order valence-electron chi connectivity index (χ3n) is 4.23. The Bertz CT molecular complexity index is 504. The molecule has 1 heterocycles. The van der Waals surface area contributed by atoms with Crippen molar-refractivity contribution in [3.8, 4) is 0 Å². The number of rotatable bonds is 4. The van der Waals surface area contributed by atoms with Crippen LogP contribution in [0.2, 0.25) is 0 Å². The van der Waals surface area contributed by atoms with Gasteiger partial charge in [0.05, 0.1) is 5.92 Å². The maximum absolute atomic E-state index is 12.5. The zero-order chi connectivity index (χ0) is 15.4. The summed E-state index contributed by atoms with van der Waals surface area (Å²) in [5.41, 5.74) is 12.4. The first-order chi connectivity index (χ1) is 9.99. The maximum atomic E-state index is 12.5. The van der Waals surface area contributed by atoms with E-state index in [2.05, 4.69) is 0 Å². The van der Waals surface area contributed by atoms with E-state index < -0.39 is 0 Å². The summed E-state index contributed by atoms with van der Waals surface area (Å²) < 4.78 is 0. The molecule has 1 aromatic rings. The molecular formula is C16H23N3O2. The van der Waals surface area contributed by atoms with Gasteiger partial charge in [-0.1, -0.05) is 30.3 Å². The molecule has 0 spiro atoms. The minimum absolute atomic E-state index is 0.00944. The van der Waals surface area contributed by atoms with E-state index in [1.807, 2.05) is 37.3 Å². The van der Waals surface area contributed by atoms with Crippen LogP contribution in [0.3, 0.4) is 0 Å². The molecule has 0 aromatic heterocycles. The summed E-state index contributed by atoms with van der Waals surface area (Å²) in [6.45, 7) is 2.42. The predicted molar refractivity (Wildman–Crippen MR) is 81.1 cm³/mol. The Morgan fingerprint density at radius 1 is 1.29 bits per heavy atom. The first kappa shape index (κ1) is 15.5. The number of hydrogen-bond acceptors (Lipinski definition) is 3. The summed E-state index contributed by atoms with van der Waals surface area (Å²) in [7, 11) is 0. The molecule has 5 nitrogen and oxygen atoms in total. The quantitative estimate of drug-likeness (QED) is 0.872. The fraction of sp³-hybridized carbons (Fsp3) is 0.500.